The number of nitrogens with two attached hydrogens (primary N) is 1. The Bertz CT molecular complexity index is 733. The lowest BCUT2D eigenvalue weighted by molar-refractivity contribution is 0.143. The highest BCUT2D eigenvalue weighted by Crippen LogP contribution is 2.14. The molecule has 2 aromatic rings. The van der Waals surface area contributed by atoms with Gasteiger partial charge in [0.2, 0.25) is 0 Å². The van der Waals surface area contributed by atoms with Gasteiger partial charge in [0.05, 0.1) is 11.9 Å². The summed E-state index contributed by atoms with van der Waals surface area (Å²) in [4.78, 5) is 11.9. The molecule has 20 heavy (non-hydrogen) atoms. The highest BCUT2D eigenvalue weighted by molar-refractivity contribution is 5.85. The van der Waals surface area contributed by atoms with Crippen LogP contribution in [0.1, 0.15) is 25.2 Å². The van der Waals surface area contributed by atoms with Gasteiger partial charge in [0.25, 0.3) is 0 Å². The molecular weight excluding hydrogens is 278 g/mol. The first-order valence-electron chi connectivity index (χ1n) is 5.91. The van der Waals surface area contributed by atoms with Crippen molar-refractivity contribution in [1.82, 2.24) is 0 Å². The monoisotopic (exact) mass is 293 g/mol. The molecule has 0 saturated carbocycles. The number of halogens is 1. The molecule has 3 N–H and O–H groups in total. The molecular formula is C15H16ClNO3. The molecule has 0 bridgehead atoms. The maximum atomic E-state index is 11.9. The Labute approximate surface area is 123 Å². The summed E-state index contributed by atoms with van der Waals surface area (Å²) < 4.78 is 5.47. The highest BCUT2D eigenvalue weighted by Gasteiger charge is 2.07. The van der Waals surface area contributed by atoms with Crippen molar-refractivity contribution in [2.75, 3.05) is 0 Å². The van der Waals surface area contributed by atoms with Crippen LogP contribution in [0.2, 0.25) is 0 Å². The molecule has 0 saturated heterocycles. The Morgan fingerprint density at radius 1 is 1.35 bits per heavy atom. The molecule has 0 unspecified atom stereocenters. The van der Waals surface area contributed by atoms with Crippen LogP contribution >= 0.6 is 12.4 Å². The summed E-state index contributed by atoms with van der Waals surface area (Å²) in [6.07, 6.45) is 0. The zero-order valence-electron chi connectivity index (χ0n) is 11.3. The number of aliphatic hydroxyl groups is 1. The lowest BCUT2D eigenvalue weighted by Crippen LogP contribution is -2.14. The van der Waals surface area contributed by atoms with Crippen molar-refractivity contribution in [2.45, 2.75) is 26.0 Å². The van der Waals surface area contributed by atoms with Gasteiger partial charge in [0.15, 0.2) is 5.43 Å². The third-order valence-corrected chi connectivity index (χ3v) is 2.49. The van der Waals surface area contributed by atoms with Gasteiger partial charge in [0, 0.05) is 11.6 Å². The minimum absolute atomic E-state index is 0. The largest absolute Gasteiger partial charge is 0.459 e. The summed E-state index contributed by atoms with van der Waals surface area (Å²) in [5.41, 5.74) is 5.38. The van der Waals surface area contributed by atoms with Crippen LogP contribution in [0.15, 0.2) is 33.5 Å². The van der Waals surface area contributed by atoms with Gasteiger partial charge < -0.3 is 15.3 Å². The van der Waals surface area contributed by atoms with Crippen LogP contribution in [-0.2, 0) is 6.54 Å². The Morgan fingerprint density at radius 3 is 2.65 bits per heavy atom. The number of hydrogen-bond donors (Lipinski definition) is 2. The lowest BCUT2D eigenvalue weighted by atomic mass is 10.1. The number of fused-ring (bicyclic) bond motifs is 1. The van der Waals surface area contributed by atoms with Crippen LogP contribution in [0, 0.1) is 11.8 Å². The summed E-state index contributed by atoms with van der Waals surface area (Å²) in [5.74, 6) is 5.98. The van der Waals surface area contributed by atoms with Gasteiger partial charge in [-0.3, -0.25) is 4.79 Å². The van der Waals surface area contributed by atoms with E-state index in [2.05, 4.69) is 11.8 Å². The van der Waals surface area contributed by atoms with Gasteiger partial charge in [0.1, 0.15) is 16.9 Å². The Balaban J connectivity index is 0.00000200. The first-order chi connectivity index (χ1) is 8.89. The van der Waals surface area contributed by atoms with Crippen molar-refractivity contribution in [3.05, 3.63) is 45.8 Å². The molecule has 0 aliphatic heterocycles. The van der Waals surface area contributed by atoms with E-state index in [4.69, 9.17) is 10.2 Å². The first kappa shape index (κ1) is 16.3. The summed E-state index contributed by atoms with van der Waals surface area (Å²) in [6, 6.07) is 6.46. The van der Waals surface area contributed by atoms with Crippen LogP contribution in [0.5, 0.6) is 0 Å². The fraction of sp³-hybridized carbons (Fsp3) is 0.267. The maximum Gasteiger partial charge on any atom is 0.193 e. The van der Waals surface area contributed by atoms with Crippen LogP contribution in [0.25, 0.3) is 11.0 Å². The fourth-order valence-electron chi connectivity index (χ4n) is 1.61. The minimum Gasteiger partial charge on any atom is -0.459 e. The van der Waals surface area contributed by atoms with Crippen molar-refractivity contribution in [3.8, 4) is 11.8 Å². The van der Waals surface area contributed by atoms with E-state index in [0.717, 1.165) is 0 Å². The molecule has 0 fully saturated rings. The third kappa shape index (κ3) is 3.84. The second-order valence-electron chi connectivity index (χ2n) is 4.80. The minimum atomic E-state index is -1.07. The topological polar surface area (TPSA) is 76.5 Å². The summed E-state index contributed by atoms with van der Waals surface area (Å²) in [6.45, 7) is 3.39. The van der Waals surface area contributed by atoms with E-state index in [1.54, 1.807) is 32.0 Å². The fourth-order valence-corrected chi connectivity index (χ4v) is 1.61. The predicted octanol–water partition coefficient (Wildman–Crippen LogP) is 1.80. The van der Waals surface area contributed by atoms with E-state index in [-0.39, 0.29) is 24.4 Å². The summed E-state index contributed by atoms with van der Waals surface area (Å²) >= 11 is 0. The van der Waals surface area contributed by atoms with Gasteiger partial charge in [-0.25, -0.2) is 0 Å². The number of benzene rings is 1. The van der Waals surface area contributed by atoms with Crippen LogP contribution in [0.4, 0.5) is 0 Å². The normalized spacial score (nSPS) is 10.6. The van der Waals surface area contributed by atoms with Crippen molar-refractivity contribution < 1.29 is 9.52 Å². The van der Waals surface area contributed by atoms with Crippen molar-refractivity contribution in [2.24, 2.45) is 5.73 Å². The second kappa shape index (κ2) is 6.10. The molecule has 106 valence electrons. The maximum absolute atomic E-state index is 11.9. The number of rotatable bonds is 1. The molecule has 0 amide bonds. The van der Waals surface area contributed by atoms with E-state index in [9.17, 15) is 9.90 Å². The predicted molar refractivity (Wildman–Crippen MR) is 80.8 cm³/mol. The van der Waals surface area contributed by atoms with Crippen LogP contribution in [-0.4, -0.2) is 10.7 Å². The first-order valence-corrected chi connectivity index (χ1v) is 5.91. The molecule has 1 aromatic heterocycles. The molecule has 0 atom stereocenters. The van der Waals surface area contributed by atoms with Gasteiger partial charge >= 0.3 is 0 Å². The van der Waals surface area contributed by atoms with Gasteiger partial charge in [-0.15, -0.1) is 12.4 Å². The zero-order valence-corrected chi connectivity index (χ0v) is 12.1. The molecule has 0 radical (unpaired) electrons. The second-order valence-corrected chi connectivity index (χ2v) is 4.80. The average Bonchev–Trinajstić information content (AvgIpc) is 2.35. The Hall–Kier alpha value is -1.80. The molecule has 0 aliphatic carbocycles. The molecule has 1 aromatic carbocycles. The third-order valence-electron chi connectivity index (χ3n) is 2.49. The Kier molecular flexibility index (Phi) is 4.96. The van der Waals surface area contributed by atoms with Gasteiger partial charge in [-0.2, -0.15) is 0 Å². The van der Waals surface area contributed by atoms with Gasteiger partial charge in [-0.05, 0) is 32.0 Å². The lowest BCUT2D eigenvalue weighted by Gasteiger charge is -2.06. The molecule has 5 heteroatoms. The zero-order chi connectivity index (χ0) is 14.0. The quantitative estimate of drug-likeness (QED) is 0.786. The van der Waals surface area contributed by atoms with E-state index in [1.165, 1.54) is 6.07 Å². The Morgan fingerprint density at radius 2 is 2.05 bits per heavy atom. The standard InChI is InChI=1S/C15H15NO3.ClH/c1-15(2,18)6-5-10-3-4-14-12(7-10)13(17)8-11(9-16)19-14;/h3-4,7-8,18H,9,16H2,1-2H3;1H. The molecule has 0 spiro atoms. The molecule has 1 heterocycles. The highest BCUT2D eigenvalue weighted by atomic mass is 35.5. The van der Waals surface area contributed by atoms with Gasteiger partial charge in [-0.1, -0.05) is 11.8 Å². The SMILES string of the molecule is CC(C)(O)C#Cc1ccc2oc(CN)cc(=O)c2c1.Cl. The van der Waals surface area contributed by atoms with Crippen LogP contribution < -0.4 is 11.2 Å². The van der Waals surface area contributed by atoms with Crippen molar-refractivity contribution >= 4 is 23.4 Å². The number of hydrogen-bond acceptors (Lipinski definition) is 4. The van der Waals surface area contributed by atoms with Crippen LogP contribution in [0.3, 0.4) is 0 Å². The van der Waals surface area contributed by atoms with Crippen molar-refractivity contribution in [1.29, 1.82) is 0 Å². The summed E-state index contributed by atoms with van der Waals surface area (Å²) in [5, 5.41) is 10.0. The van der Waals surface area contributed by atoms with E-state index < -0.39 is 5.60 Å². The smallest absolute Gasteiger partial charge is 0.193 e. The van der Waals surface area contributed by atoms with E-state index in [1.807, 2.05) is 0 Å². The average molecular weight is 294 g/mol. The van der Waals surface area contributed by atoms with E-state index in [0.29, 0.717) is 22.3 Å². The molecule has 4 nitrogen and oxygen atoms in total. The van der Waals surface area contributed by atoms with Crippen molar-refractivity contribution in [3.63, 3.8) is 0 Å². The van der Waals surface area contributed by atoms with E-state index >= 15 is 0 Å². The summed E-state index contributed by atoms with van der Waals surface area (Å²) in [7, 11) is 0. The molecule has 0 aliphatic rings. The molecule has 2 rings (SSSR count).